The van der Waals surface area contributed by atoms with Gasteiger partial charge in [-0.05, 0) is 5.56 Å². The summed E-state index contributed by atoms with van der Waals surface area (Å²) >= 11 is 0. The van der Waals surface area contributed by atoms with Gasteiger partial charge in [-0.1, -0.05) is 30.3 Å². The van der Waals surface area contributed by atoms with Crippen molar-refractivity contribution in [3.63, 3.8) is 0 Å². The molecule has 0 aliphatic carbocycles. The number of hydrogen-bond acceptors (Lipinski definition) is 4. The van der Waals surface area contributed by atoms with Gasteiger partial charge in [0.05, 0.1) is 6.54 Å². The Morgan fingerprint density at radius 3 is 2.62 bits per heavy atom. The lowest BCUT2D eigenvalue weighted by molar-refractivity contribution is -0.122. The van der Waals surface area contributed by atoms with Crippen LogP contribution in [-0.4, -0.2) is 69.6 Å². The fraction of sp³-hybridized carbons (Fsp3) is 0.333. The van der Waals surface area contributed by atoms with Crippen LogP contribution >= 0.6 is 0 Å². The molecule has 2 rings (SSSR count). The highest BCUT2D eigenvalue weighted by Crippen LogP contribution is 2.13. The molecular formula is C15H16N4O5. The molecule has 0 spiro atoms. The summed E-state index contributed by atoms with van der Waals surface area (Å²) in [6.07, 6.45) is -1.29. The molecule has 24 heavy (non-hydrogen) atoms. The molecule has 0 bridgehead atoms. The minimum atomic E-state index is -1.28. The number of amides is 2. The molecule has 2 amide bonds. The van der Waals surface area contributed by atoms with Gasteiger partial charge >= 0.3 is 18.4 Å². The molecule has 9 nitrogen and oxygen atoms in total. The Kier molecular flexibility index (Phi) is 5.64. The zero-order chi connectivity index (χ0) is 17.5. The van der Waals surface area contributed by atoms with E-state index in [-0.39, 0.29) is 26.2 Å². The van der Waals surface area contributed by atoms with Crippen LogP contribution in [0.5, 0.6) is 0 Å². The molecule has 1 aliphatic heterocycles. The van der Waals surface area contributed by atoms with Crippen molar-refractivity contribution in [2.75, 3.05) is 19.6 Å². The van der Waals surface area contributed by atoms with E-state index in [1.165, 1.54) is 4.90 Å². The summed E-state index contributed by atoms with van der Waals surface area (Å²) in [5.74, 6) is -0.708. The highest BCUT2D eigenvalue weighted by Gasteiger charge is 2.38. The molecule has 1 aromatic carbocycles. The quantitative estimate of drug-likeness (QED) is 0.497. The molecule has 0 saturated carbocycles. The fourth-order valence-electron chi connectivity index (χ4n) is 2.37. The van der Waals surface area contributed by atoms with Crippen LogP contribution in [0, 0.1) is 0 Å². The number of nitrogens with zero attached hydrogens (tertiary/aromatic N) is 4. The highest BCUT2D eigenvalue weighted by molar-refractivity contribution is 6.28. The van der Waals surface area contributed by atoms with Crippen molar-refractivity contribution in [1.29, 1.82) is 0 Å². The molecule has 1 fully saturated rings. The van der Waals surface area contributed by atoms with E-state index in [1.54, 1.807) is 12.1 Å². The number of piperazine rings is 1. The number of benzene rings is 1. The first-order valence-corrected chi connectivity index (χ1v) is 7.19. The predicted octanol–water partition coefficient (Wildman–Crippen LogP) is 0.857. The van der Waals surface area contributed by atoms with E-state index in [0.29, 0.717) is 6.21 Å². The van der Waals surface area contributed by atoms with Crippen LogP contribution < -0.4 is 0 Å². The number of carbonyl (C=O) groups excluding carboxylic acids is 2. The van der Waals surface area contributed by atoms with Crippen LogP contribution in [0.1, 0.15) is 5.56 Å². The van der Waals surface area contributed by atoms with E-state index in [4.69, 9.17) is 15.4 Å². The lowest BCUT2D eigenvalue weighted by atomic mass is 10.1. The standard InChI is InChI=1S/C15H16N4O5/c16-17-8-13(20)12-9-18(6-7-19(12)14(21)22)15(23)24-10-11-4-2-1-3-5-11/h1-5,8,12H,6-7,9-10H2,(H,21,22). The van der Waals surface area contributed by atoms with Gasteiger partial charge in [0.15, 0.2) is 0 Å². The van der Waals surface area contributed by atoms with Crippen LogP contribution in [0.15, 0.2) is 30.3 Å². The van der Waals surface area contributed by atoms with Gasteiger partial charge in [0.25, 0.3) is 5.78 Å². The van der Waals surface area contributed by atoms with Crippen molar-refractivity contribution in [1.82, 2.24) is 9.80 Å². The molecular weight excluding hydrogens is 316 g/mol. The summed E-state index contributed by atoms with van der Waals surface area (Å²) in [6.45, 7) is -0.00821. The van der Waals surface area contributed by atoms with Gasteiger partial charge in [0.1, 0.15) is 12.6 Å². The second-order valence-corrected chi connectivity index (χ2v) is 5.12. The summed E-state index contributed by atoms with van der Waals surface area (Å²) in [5.41, 5.74) is 9.27. The van der Waals surface area contributed by atoms with Crippen molar-refractivity contribution in [2.24, 2.45) is 0 Å². The summed E-state index contributed by atoms with van der Waals surface area (Å²) in [6, 6.07) is 7.96. The highest BCUT2D eigenvalue weighted by atomic mass is 16.6. The Morgan fingerprint density at radius 1 is 1.29 bits per heavy atom. The van der Waals surface area contributed by atoms with Crippen LogP contribution in [0.2, 0.25) is 0 Å². The van der Waals surface area contributed by atoms with Crippen molar-refractivity contribution >= 4 is 24.2 Å². The van der Waals surface area contributed by atoms with E-state index >= 15 is 0 Å². The van der Waals surface area contributed by atoms with Gasteiger partial charge in [0, 0.05) is 13.1 Å². The van der Waals surface area contributed by atoms with Crippen molar-refractivity contribution in [3.05, 3.63) is 41.4 Å². The van der Waals surface area contributed by atoms with Gasteiger partial charge < -0.3 is 20.3 Å². The number of hydrogen-bond donors (Lipinski definition) is 1. The molecule has 1 aromatic rings. The van der Waals surface area contributed by atoms with Crippen LogP contribution in [0.4, 0.5) is 9.59 Å². The van der Waals surface area contributed by atoms with E-state index in [0.717, 1.165) is 10.5 Å². The average Bonchev–Trinajstić information content (AvgIpc) is 2.60. The van der Waals surface area contributed by atoms with Gasteiger partial charge in [0.2, 0.25) is 0 Å². The van der Waals surface area contributed by atoms with Gasteiger partial charge in [-0.15, -0.1) is 0 Å². The predicted molar refractivity (Wildman–Crippen MR) is 81.4 cm³/mol. The van der Waals surface area contributed by atoms with Crippen molar-refractivity contribution in [2.45, 2.75) is 12.6 Å². The Balaban J connectivity index is 2.00. The molecule has 0 radical (unpaired) electrons. The van der Waals surface area contributed by atoms with Crippen LogP contribution in [0.3, 0.4) is 0 Å². The maximum atomic E-state index is 12.1. The second-order valence-electron chi connectivity index (χ2n) is 5.12. The SMILES string of the molecule is [N-]=[N+]=CC(=O)C1CN(C(=O)OCc2ccccc2)CCN1C(=O)O. The molecule has 1 heterocycles. The maximum Gasteiger partial charge on any atom is 0.410 e. The third-order valence-electron chi connectivity index (χ3n) is 3.60. The molecule has 9 heteroatoms. The first kappa shape index (κ1) is 17.2. The third-order valence-corrected chi connectivity index (χ3v) is 3.60. The molecule has 0 aromatic heterocycles. The van der Waals surface area contributed by atoms with Crippen LogP contribution in [-0.2, 0) is 16.1 Å². The zero-order valence-corrected chi connectivity index (χ0v) is 12.7. The van der Waals surface area contributed by atoms with E-state index < -0.39 is 24.0 Å². The number of carboxylic acid groups (broad SMARTS) is 1. The zero-order valence-electron chi connectivity index (χ0n) is 12.7. The summed E-state index contributed by atoms with van der Waals surface area (Å²) < 4.78 is 5.18. The number of Topliss-reactive ketones (excluding diaryl/α,β-unsaturated/α-hetero) is 1. The molecule has 1 aliphatic rings. The Bertz CT molecular complexity index is 672. The minimum absolute atomic E-state index is 0.0363. The first-order chi connectivity index (χ1) is 11.5. The number of ketones is 1. The fourth-order valence-corrected chi connectivity index (χ4v) is 2.37. The number of ether oxygens (including phenoxy) is 1. The molecule has 1 atom stereocenters. The molecule has 1 unspecified atom stereocenters. The molecule has 126 valence electrons. The maximum absolute atomic E-state index is 12.1. The third kappa shape index (κ3) is 4.17. The summed E-state index contributed by atoms with van der Waals surface area (Å²) in [7, 11) is 0. The van der Waals surface area contributed by atoms with Gasteiger partial charge in [-0.25, -0.2) is 9.59 Å². The Labute approximate surface area is 137 Å². The lowest BCUT2D eigenvalue weighted by Gasteiger charge is -2.37. The van der Waals surface area contributed by atoms with Crippen molar-refractivity contribution < 1.29 is 29.0 Å². The van der Waals surface area contributed by atoms with E-state index in [9.17, 15) is 14.4 Å². The van der Waals surface area contributed by atoms with Crippen LogP contribution in [0.25, 0.3) is 5.53 Å². The smallest absolute Gasteiger partial charge is 0.410 e. The average molecular weight is 332 g/mol. The monoisotopic (exact) mass is 332 g/mol. The summed E-state index contributed by atoms with van der Waals surface area (Å²) in [5, 5.41) is 9.13. The Hall–Kier alpha value is -3.19. The number of rotatable bonds is 4. The van der Waals surface area contributed by atoms with Crippen molar-refractivity contribution in [3.8, 4) is 0 Å². The minimum Gasteiger partial charge on any atom is -0.465 e. The topological polar surface area (TPSA) is 124 Å². The molecule has 1 N–H and O–H groups in total. The number of carbonyl (C=O) groups is 3. The van der Waals surface area contributed by atoms with E-state index in [2.05, 4.69) is 4.79 Å². The van der Waals surface area contributed by atoms with E-state index in [1.807, 2.05) is 18.2 Å². The largest absolute Gasteiger partial charge is 0.465 e. The van der Waals surface area contributed by atoms with Gasteiger partial charge in [-0.2, -0.15) is 4.79 Å². The Morgan fingerprint density at radius 2 is 2.00 bits per heavy atom. The van der Waals surface area contributed by atoms with Gasteiger partial charge in [-0.3, -0.25) is 9.69 Å². The first-order valence-electron chi connectivity index (χ1n) is 7.19. The normalized spacial score (nSPS) is 16.9. The summed E-state index contributed by atoms with van der Waals surface area (Å²) in [4.78, 5) is 40.0. The second kappa shape index (κ2) is 7.89. The molecule has 1 saturated heterocycles. The lowest BCUT2D eigenvalue weighted by Crippen LogP contribution is -2.59.